The summed E-state index contributed by atoms with van der Waals surface area (Å²) in [4.78, 5) is 43.4. The molecule has 0 saturated carbocycles. The van der Waals surface area contributed by atoms with Gasteiger partial charge in [-0.25, -0.2) is 4.79 Å². The van der Waals surface area contributed by atoms with Crippen LogP contribution in [0.2, 0.25) is 15.1 Å². The van der Waals surface area contributed by atoms with Gasteiger partial charge in [-0.1, -0.05) is 53.0 Å². The van der Waals surface area contributed by atoms with Gasteiger partial charge in [0.15, 0.2) is 0 Å². The molecule has 3 aromatic rings. The maximum Gasteiger partial charge on any atom is 0.335 e. The zero-order chi connectivity index (χ0) is 26.5. The molecule has 2 N–H and O–H groups in total. The SMILES string of the molecule is O=C(CC1N=C(c2ccc(Cl)cc2)N(Cc2cccc(C(=O)O)c2)C1=O)NCCc1c(Cl)cccc1Cl. The van der Waals surface area contributed by atoms with E-state index in [4.69, 9.17) is 34.8 Å². The lowest BCUT2D eigenvalue weighted by atomic mass is 10.1. The van der Waals surface area contributed by atoms with E-state index in [0.29, 0.717) is 45.0 Å². The van der Waals surface area contributed by atoms with Crippen LogP contribution in [0.4, 0.5) is 0 Å². The average Bonchev–Trinajstić information content (AvgIpc) is 3.16. The maximum atomic E-state index is 13.4. The molecule has 0 fully saturated rings. The predicted octanol–water partition coefficient (Wildman–Crippen LogP) is 5.25. The fraction of sp³-hybridized carbons (Fsp3) is 0.185. The summed E-state index contributed by atoms with van der Waals surface area (Å²) in [6, 6.07) is 17.5. The van der Waals surface area contributed by atoms with Crippen LogP contribution in [-0.4, -0.2) is 46.2 Å². The average molecular weight is 559 g/mol. The first-order valence-electron chi connectivity index (χ1n) is 11.4. The van der Waals surface area contributed by atoms with E-state index >= 15 is 0 Å². The van der Waals surface area contributed by atoms with E-state index in [9.17, 15) is 19.5 Å². The van der Waals surface area contributed by atoms with Crippen LogP contribution in [0.15, 0.2) is 71.7 Å². The molecule has 190 valence electrons. The van der Waals surface area contributed by atoms with Crippen LogP contribution in [0.5, 0.6) is 0 Å². The predicted molar refractivity (Wildman–Crippen MR) is 144 cm³/mol. The van der Waals surface area contributed by atoms with Crippen molar-refractivity contribution in [2.24, 2.45) is 4.99 Å². The van der Waals surface area contributed by atoms with Gasteiger partial charge in [0, 0.05) is 27.2 Å². The van der Waals surface area contributed by atoms with Crippen molar-refractivity contribution in [3.63, 3.8) is 0 Å². The Balaban J connectivity index is 1.49. The first-order valence-corrected chi connectivity index (χ1v) is 12.5. The molecule has 0 radical (unpaired) electrons. The van der Waals surface area contributed by atoms with E-state index in [1.807, 2.05) is 0 Å². The monoisotopic (exact) mass is 557 g/mol. The Bertz CT molecular complexity index is 1360. The summed E-state index contributed by atoms with van der Waals surface area (Å²) in [5.41, 5.74) is 2.13. The smallest absolute Gasteiger partial charge is 0.335 e. The Morgan fingerprint density at radius 3 is 2.32 bits per heavy atom. The minimum Gasteiger partial charge on any atom is -0.478 e. The maximum absolute atomic E-state index is 13.4. The number of carbonyl (C=O) groups is 3. The molecule has 0 aliphatic carbocycles. The number of carboxylic acids is 1. The molecule has 1 aliphatic rings. The highest BCUT2D eigenvalue weighted by Crippen LogP contribution is 2.25. The van der Waals surface area contributed by atoms with Crippen LogP contribution < -0.4 is 5.32 Å². The number of aromatic carboxylic acids is 1. The largest absolute Gasteiger partial charge is 0.478 e. The molecule has 1 unspecified atom stereocenters. The second-order valence-corrected chi connectivity index (χ2v) is 9.66. The molecule has 3 aromatic carbocycles. The lowest BCUT2D eigenvalue weighted by molar-refractivity contribution is -0.131. The molecular weight excluding hydrogens is 537 g/mol. The van der Waals surface area contributed by atoms with Crippen LogP contribution in [0, 0.1) is 0 Å². The molecule has 7 nitrogen and oxygen atoms in total. The van der Waals surface area contributed by atoms with Crippen molar-refractivity contribution in [1.82, 2.24) is 10.2 Å². The van der Waals surface area contributed by atoms with E-state index in [1.165, 1.54) is 17.0 Å². The Labute approximate surface area is 228 Å². The van der Waals surface area contributed by atoms with Crippen LogP contribution >= 0.6 is 34.8 Å². The van der Waals surface area contributed by atoms with Crippen molar-refractivity contribution < 1.29 is 19.5 Å². The van der Waals surface area contributed by atoms with Gasteiger partial charge < -0.3 is 10.4 Å². The Kier molecular flexibility index (Phi) is 8.48. The number of nitrogens with zero attached hydrogens (tertiary/aromatic N) is 2. The molecule has 0 aromatic heterocycles. The van der Waals surface area contributed by atoms with Gasteiger partial charge in [0.05, 0.1) is 18.5 Å². The number of aliphatic imine (C=N–C) groups is 1. The van der Waals surface area contributed by atoms with Gasteiger partial charge in [0.2, 0.25) is 5.91 Å². The Morgan fingerprint density at radius 2 is 1.65 bits per heavy atom. The number of carbonyl (C=O) groups excluding carboxylic acids is 2. The Hall–Kier alpha value is -3.39. The third-order valence-electron chi connectivity index (χ3n) is 5.84. The summed E-state index contributed by atoms with van der Waals surface area (Å²) in [5.74, 6) is -1.36. The van der Waals surface area contributed by atoms with E-state index in [-0.39, 0.29) is 30.3 Å². The van der Waals surface area contributed by atoms with Gasteiger partial charge in [-0.3, -0.25) is 19.5 Å². The van der Waals surface area contributed by atoms with E-state index in [0.717, 1.165) is 5.56 Å². The van der Waals surface area contributed by atoms with Crippen LogP contribution in [0.1, 0.15) is 33.5 Å². The first-order chi connectivity index (χ1) is 17.7. The van der Waals surface area contributed by atoms with Crippen LogP contribution in [0.25, 0.3) is 0 Å². The zero-order valence-corrected chi connectivity index (χ0v) is 21.7. The van der Waals surface area contributed by atoms with E-state index in [2.05, 4.69) is 10.3 Å². The molecule has 1 aliphatic heterocycles. The van der Waals surface area contributed by atoms with Gasteiger partial charge in [0.1, 0.15) is 11.9 Å². The highest BCUT2D eigenvalue weighted by atomic mass is 35.5. The fourth-order valence-corrected chi connectivity index (χ4v) is 4.72. The minimum atomic E-state index is -1.06. The number of nitrogens with one attached hydrogen (secondary N) is 1. The molecule has 0 saturated heterocycles. The molecular formula is C27H22Cl3N3O4. The van der Waals surface area contributed by atoms with Crippen molar-refractivity contribution in [3.8, 4) is 0 Å². The van der Waals surface area contributed by atoms with Gasteiger partial charge in [-0.2, -0.15) is 0 Å². The summed E-state index contributed by atoms with van der Waals surface area (Å²) < 4.78 is 0. The molecule has 37 heavy (non-hydrogen) atoms. The van der Waals surface area contributed by atoms with E-state index < -0.39 is 12.0 Å². The van der Waals surface area contributed by atoms with E-state index in [1.54, 1.807) is 54.6 Å². The van der Waals surface area contributed by atoms with Gasteiger partial charge in [-0.15, -0.1) is 0 Å². The number of hydrogen-bond donors (Lipinski definition) is 2. The summed E-state index contributed by atoms with van der Waals surface area (Å²) in [5, 5.41) is 13.7. The third-order valence-corrected chi connectivity index (χ3v) is 6.80. The highest BCUT2D eigenvalue weighted by Gasteiger charge is 2.36. The second-order valence-electron chi connectivity index (χ2n) is 8.41. The second kappa shape index (κ2) is 11.8. The number of carboxylic acid groups (broad SMARTS) is 1. The Morgan fingerprint density at radius 1 is 0.973 bits per heavy atom. The van der Waals surface area contributed by atoms with Crippen molar-refractivity contribution in [3.05, 3.63) is 104 Å². The van der Waals surface area contributed by atoms with Crippen molar-refractivity contribution in [2.75, 3.05) is 6.54 Å². The molecule has 10 heteroatoms. The molecule has 4 rings (SSSR count). The van der Waals surface area contributed by atoms with Crippen molar-refractivity contribution in [1.29, 1.82) is 0 Å². The summed E-state index contributed by atoms with van der Waals surface area (Å²) in [6.07, 6.45) is 0.298. The summed E-state index contributed by atoms with van der Waals surface area (Å²) >= 11 is 18.4. The number of rotatable bonds is 9. The normalized spacial score (nSPS) is 15.0. The molecule has 1 heterocycles. The number of amides is 2. The number of amidine groups is 1. The third kappa shape index (κ3) is 6.49. The zero-order valence-electron chi connectivity index (χ0n) is 19.5. The van der Waals surface area contributed by atoms with Crippen molar-refractivity contribution in [2.45, 2.75) is 25.4 Å². The topological polar surface area (TPSA) is 99.1 Å². The molecule has 2 amide bonds. The quantitative estimate of drug-likeness (QED) is 0.375. The van der Waals surface area contributed by atoms with Gasteiger partial charge in [-0.05, 0) is 66.1 Å². The first kappa shape index (κ1) is 26.7. The fourth-order valence-electron chi connectivity index (χ4n) is 4.00. The standard InChI is InChI=1S/C27H22Cl3N3O4/c28-19-9-7-17(8-10-19)25-32-23(14-24(34)31-12-11-20-21(29)5-2-6-22(20)30)26(35)33(25)15-16-3-1-4-18(13-16)27(36)37/h1-10,13,23H,11-12,14-15H2,(H,31,34)(H,36,37). The lowest BCUT2D eigenvalue weighted by Crippen LogP contribution is -2.37. The molecule has 1 atom stereocenters. The summed E-state index contributed by atoms with van der Waals surface area (Å²) in [6.45, 7) is 0.396. The molecule has 0 bridgehead atoms. The van der Waals surface area contributed by atoms with Gasteiger partial charge in [0.25, 0.3) is 5.91 Å². The highest BCUT2D eigenvalue weighted by molar-refractivity contribution is 6.36. The van der Waals surface area contributed by atoms with Crippen LogP contribution in [0.3, 0.4) is 0 Å². The molecule has 0 spiro atoms. The van der Waals surface area contributed by atoms with Crippen molar-refractivity contribution >= 4 is 58.4 Å². The van der Waals surface area contributed by atoms with Crippen LogP contribution in [-0.2, 0) is 22.6 Å². The number of halogens is 3. The lowest BCUT2D eigenvalue weighted by Gasteiger charge is -2.20. The summed E-state index contributed by atoms with van der Waals surface area (Å²) in [7, 11) is 0. The number of benzene rings is 3. The number of hydrogen-bond acceptors (Lipinski definition) is 4. The van der Waals surface area contributed by atoms with Gasteiger partial charge >= 0.3 is 5.97 Å². The minimum absolute atomic E-state index is 0.102.